The lowest BCUT2D eigenvalue weighted by molar-refractivity contribution is 1.22. The predicted octanol–water partition coefficient (Wildman–Crippen LogP) is 11.1. The Morgan fingerprint density at radius 2 is 0.918 bits per heavy atom. The minimum atomic E-state index is 0.460. The van der Waals surface area contributed by atoms with E-state index in [1.54, 1.807) is 0 Å². The van der Waals surface area contributed by atoms with Crippen LogP contribution in [0, 0.1) is 5.41 Å². The smallest absolute Gasteiger partial charge is 0.0715 e. The maximum Gasteiger partial charge on any atom is 0.0715 e. The first kappa shape index (κ1) is 29.8. The second-order valence-corrected chi connectivity index (χ2v) is 12.0. The van der Waals surface area contributed by atoms with E-state index in [9.17, 15) is 5.41 Å². The van der Waals surface area contributed by atoms with Gasteiger partial charge in [0.2, 0.25) is 0 Å². The SMILES string of the molecule is N=C(/C(=C1\NC(c2ccccc2)=Cc2c1cccc2-c1cc(-c2ccccc2)nc(-c2ccccc2)c1)c1ccccc1)c1ccccc1. The van der Waals surface area contributed by atoms with Crippen molar-refractivity contribution in [1.29, 1.82) is 5.41 Å². The van der Waals surface area contributed by atoms with Gasteiger partial charge in [-0.2, -0.15) is 0 Å². The molecule has 2 heterocycles. The first-order valence-electron chi connectivity index (χ1n) is 16.5. The molecule has 0 fully saturated rings. The Balaban J connectivity index is 1.41. The number of allylic oxidation sites excluding steroid dienone is 1. The summed E-state index contributed by atoms with van der Waals surface area (Å²) in [6, 6.07) is 62.3. The molecule has 6 aromatic carbocycles. The van der Waals surface area contributed by atoms with Crippen LogP contribution in [0.5, 0.6) is 0 Å². The van der Waals surface area contributed by atoms with Gasteiger partial charge in [0, 0.05) is 33.5 Å². The molecule has 7 aromatic rings. The van der Waals surface area contributed by atoms with Crippen molar-refractivity contribution in [2.45, 2.75) is 0 Å². The maximum atomic E-state index is 9.61. The van der Waals surface area contributed by atoms with Crippen molar-refractivity contribution in [3.8, 4) is 33.6 Å². The van der Waals surface area contributed by atoms with E-state index in [0.29, 0.717) is 5.71 Å². The van der Waals surface area contributed by atoms with Gasteiger partial charge < -0.3 is 5.32 Å². The van der Waals surface area contributed by atoms with Gasteiger partial charge in [-0.25, -0.2) is 4.98 Å². The molecule has 0 unspecified atom stereocenters. The first-order chi connectivity index (χ1) is 24.2. The van der Waals surface area contributed by atoms with E-state index in [2.05, 4.69) is 127 Å². The number of nitrogens with one attached hydrogen (secondary N) is 2. The van der Waals surface area contributed by atoms with Crippen molar-refractivity contribution in [3.63, 3.8) is 0 Å². The molecular weight excluding hydrogens is 595 g/mol. The summed E-state index contributed by atoms with van der Waals surface area (Å²) < 4.78 is 0. The standard InChI is InChI=1S/C46H33N3/c47-45(36-25-14-5-15-26-36)44(35-23-12-4-13-24-35)46-39-28-16-27-38(40(39)31-43(49-46)34-21-10-3-11-22-34)37-29-41(32-17-6-1-7-18-32)48-42(30-37)33-19-8-2-9-20-33/h1-31,47,49H/b46-44-,47-45?. The molecule has 0 saturated heterocycles. The van der Waals surface area contributed by atoms with Crippen molar-refractivity contribution in [3.05, 3.63) is 210 Å². The highest BCUT2D eigenvalue weighted by molar-refractivity contribution is 6.36. The lowest BCUT2D eigenvalue weighted by atomic mass is 9.85. The number of rotatable bonds is 7. The highest BCUT2D eigenvalue weighted by atomic mass is 14.9. The van der Waals surface area contributed by atoms with E-state index in [1.807, 2.05) is 66.7 Å². The Bertz CT molecular complexity index is 2270. The number of hydrogen-bond donors (Lipinski definition) is 2. The monoisotopic (exact) mass is 627 g/mol. The number of nitrogens with zero attached hydrogens (tertiary/aromatic N) is 1. The van der Waals surface area contributed by atoms with E-state index < -0.39 is 0 Å². The molecule has 2 N–H and O–H groups in total. The van der Waals surface area contributed by atoms with Crippen LogP contribution in [0.1, 0.15) is 27.8 Å². The topological polar surface area (TPSA) is 48.8 Å². The van der Waals surface area contributed by atoms with Crippen LogP contribution in [0.15, 0.2) is 182 Å². The van der Waals surface area contributed by atoms with Gasteiger partial charge in [-0.15, -0.1) is 0 Å². The molecule has 232 valence electrons. The van der Waals surface area contributed by atoms with Crippen LogP contribution in [0.2, 0.25) is 0 Å². The lowest BCUT2D eigenvalue weighted by Gasteiger charge is -2.28. The van der Waals surface area contributed by atoms with Crippen molar-refractivity contribution in [2.75, 3.05) is 0 Å². The summed E-state index contributed by atoms with van der Waals surface area (Å²) in [7, 11) is 0. The fourth-order valence-electron chi connectivity index (χ4n) is 6.51. The molecule has 0 aliphatic carbocycles. The Hall–Kier alpha value is -6.58. The number of pyridine rings is 1. The molecule has 3 heteroatoms. The third-order valence-electron chi connectivity index (χ3n) is 8.91. The molecule has 49 heavy (non-hydrogen) atoms. The highest BCUT2D eigenvalue weighted by Crippen LogP contribution is 2.41. The van der Waals surface area contributed by atoms with Gasteiger partial charge in [0.15, 0.2) is 0 Å². The van der Waals surface area contributed by atoms with Gasteiger partial charge in [0.1, 0.15) is 0 Å². The van der Waals surface area contributed by atoms with Gasteiger partial charge >= 0.3 is 0 Å². The quantitative estimate of drug-likeness (QED) is 0.173. The predicted molar refractivity (Wildman–Crippen MR) is 205 cm³/mol. The van der Waals surface area contributed by atoms with Crippen LogP contribution in [-0.4, -0.2) is 10.7 Å². The number of hydrogen-bond acceptors (Lipinski definition) is 3. The molecule has 1 aromatic heterocycles. The van der Waals surface area contributed by atoms with Crippen LogP contribution in [0.4, 0.5) is 0 Å². The number of benzene rings is 6. The van der Waals surface area contributed by atoms with E-state index in [-0.39, 0.29) is 0 Å². The first-order valence-corrected chi connectivity index (χ1v) is 16.5. The summed E-state index contributed by atoms with van der Waals surface area (Å²) in [4.78, 5) is 5.15. The lowest BCUT2D eigenvalue weighted by Crippen LogP contribution is -2.20. The second-order valence-electron chi connectivity index (χ2n) is 12.0. The minimum Gasteiger partial charge on any atom is -0.354 e. The molecule has 0 bridgehead atoms. The zero-order valence-electron chi connectivity index (χ0n) is 26.8. The van der Waals surface area contributed by atoms with Crippen LogP contribution < -0.4 is 5.32 Å². The fourth-order valence-corrected chi connectivity index (χ4v) is 6.51. The summed E-state index contributed by atoms with van der Waals surface area (Å²) in [5, 5.41) is 13.4. The second kappa shape index (κ2) is 13.3. The van der Waals surface area contributed by atoms with Gasteiger partial charge in [-0.1, -0.05) is 170 Å². The van der Waals surface area contributed by atoms with Crippen molar-refractivity contribution in [2.24, 2.45) is 0 Å². The van der Waals surface area contributed by atoms with Crippen LogP contribution >= 0.6 is 0 Å². The van der Waals surface area contributed by atoms with Gasteiger partial charge in [-0.3, -0.25) is 5.41 Å². The molecule has 3 nitrogen and oxygen atoms in total. The molecular formula is C46H33N3. The average Bonchev–Trinajstić information content (AvgIpc) is 3.19. The summed E-state index contributed by atoms with van der Waals surface area (Å²) in [5.74, 6) is 0. The Labute approximate surface area is 287 Å². The molecule has 1 aliphatic rings. The summed E-state index contributed by atoms with van der Waals surface area (Å²) in [6.45, 7) is 0. The largest absolute Gasteiger partial charge is 0.354 e. The van der Waals surface area contributed by atoms with E-state index >= 15 is 0 Å². The number of fused-ring (bicyclic) bond motifs is 1. The molecule has 0 atom stereocenters. The summed E-state index contributed by atoms with van der Waals surface area (Å²) in [6.07, 6.45) is 2.25. The highest BCUT2D eigenvalue weighted by Gasteiger charge is 2.25. The zero-order valence-corrected chi connectivity index (χ0v) is 26.8. The zero-order chi connectivity index (χ0) is 33.0. The molecule has 1 aliphatic heterocycles. The van der Waals surface area contributed by atoms with Gasteiger partial charge in [-0.05, 0) is 46.0 Å². The van der Waals surface area contributed by atoms with Gasteiger partial charge in [0.25, 0.3) is 0 Å². The number of aromatic nitrogens is 1. The Morgan fingerprint density at radius 3 is 1.47 bits per heavy atom. The minimum absolute atomic E-state index is 0.460. The third kappa shape index (κ3) is 6.02. The van der Waals surface area contributed by atoms with E-state index in [0.717, 1.165) is 78.4 Å². The van der Waals surface area contributed by atoms with E-state index in [4.69, 9.17) is 4.98 Å². The molecule has 0 spiro atoms. The van der Waals surface area contributed by atoms with Crippen LogP contribution in [0.25, 0.3) is 56.7 Å². The Kier molecular flexibility index (Phi) is 8.07. The molecule has 0 saturated carbocycles. The van der Waals surface area contributed by atoms with Crippen molar-refractivity contribution >= 4 is 28.8 Å². The Morgan fingerprint density at radius 1 is 0.449 bits per heavy atom. The summed E-state index contributed by atoms with van der Waals surface area (Å²) >= 11 is 0. The van der Waals surface area contributed by atoms with Crippen molar-refractivity contribution in [1.82, 2.24) is 10.3 Å². The van der Waals surface area contributed by atoms with Gasteiger partial charge in [0.05, 0.1) is 22.8 Å². The van der Waals surface area contributed by atoms with Crippen molar-refractivity contribution < 1.29 is 0 Å². The third-order valence-corrected chi connectivity index (χ3v) is 8.91. The fraction of sp³-hybridized carbons (Fsp3) is 0. The molecule has 0 radical (unpaired) electrons. The van der Waals surface area contributed by atoms with Crippen LogP contribution in [0.3, 0.4) is 0 Å². The molecule has 0 amide bonds. The molecule has 8 rings (SSSR count). The van der Waals surface area contributed by atoms with Crippen LogP contribution in [-0.2, 0) is 0 Å². The maximum absolute atomic E-state index is 9.61. The summed E-state index contributed by atoms with van der Waals surface area (Å²) in [5.41, 5.74) is 14.4. The average molecular weight is 628 g/mol. The van der Waals surface area contributed by atoms with E-state index in [1.165, 1.54) is 0 Å². The normalized spacial score (nSPS) is 13.1.